The van der Waals surface area contributed by atoms with E-state index in [1.165, 1.54) is 19.5 Å². The second kappa shape index (κ2) is 6.44. The molecule has 92 valence electrons. The number of aromatic nitrogens is 1. The van der Waals surface area contributed by atoms with Gasteiger partial charge < -0.3 is 15.8 Å². The van der Waals surface area contributed by atoms with Gasteiger partial charge in [-0.3, -0.25) is 10.4 Å². The Labute approximate surface area is 99.1 Å². The molecule has 1 heterocycles. The first kappa shape index (κ1) is 12.9. The second-order valence-corrected chi connectivity index (χ2v) is 3.15. The summed E-state index contributed by atoms with van der Waals surface area (Å²) in [7, 11) is 1.54. The maximum absolute atomic E-state index is 11.8. The number of urea groups is 1. The van der Waals surface area contributed by atoms with Gasteiger partial charge in [0.25, 0.3) is 0 Å². The minimum atomic E-state index is -0.472. The standard InChI is InChI=1S/C10H15N5O2/c1-17-7-6-14-10(16)15(9(11)12)8-2-4-13-5-3-8/h2-5H,6-7H2,1H3,(H3,11,12)(H,14,16). The Morgan fingerprint density at radius 3 is 2.76 bits per heavy atom. The van der Waals surface area contributed by atoms with Crippen LogP contribution in [0.1, 0.15) is 0 Å². The number of guanidine groups is 1. The van der Waals surface area contributed by atoms with Gasteiger partial charge in [-0.25, -0.2) is 9.69 Å². The quantitative estimate of drug-likeness (QED) is 0.393. The first-order valence-corrected chi connectivity index (χ1v) is 4.97. The molecule has 0 aliphatic rings. The number of carbonyl (C=O) groups is 1. The monoisotopic (exact) mass is 237 g/mol. The Hall–Kier alpha value is -2.15. The zero-order valence-electron chi connectivity index (χ0n) is 9.51. The van der Waals surface area contributed by atoms with E-state index in [4.69, 9.17) is 15.9 Å². The molecule has 17 heavy (non-hydrogen) atoms. The predicted molar refractivity (Wildman–Crippen MR) is 63.9 cm³/mol. The van der Waals surface area contributed by atoms with E-state index in [2.05, 4.69) is 10.3 Å². The van der Waals surface area contributed by atoms with Gasteiger partial charge in [0.05, 0.1) is 12.3 Å². The van der Waals surface area contributed by atoms with Crippen LogP contribution in [0.15, 0.2) is 24.5 Å². The first-order chi connectivity index (χ1) is 8.16. The summed E-state index contributed by atoms with van der Waals surface area (Å²) in [5.74, 6) is -0.355. The van der Waals surface area contributed by atoms with Crippen LogP contribution in [0.5, 0.6) is 0 Å². The Morgan fingerprint density at radius 2 is 2.24 bits per heavy atom. The van der Waals surface area contributed by atoms with Crippen molar-refractivity contribution in [3.05, 3.63) is 24.5 Å². The Balaban J connectivity index is 2.73. The summed E-state index contributed by atoms with van der Waals surface area (Å²) >= 11 is 0. The van der Waals surface area contributed by atoms with E-state index >= 15 is 0 Å². The average Bonchev–Trinajstić information content (AvgIpc) is 2.30. The summed E-state index contributed by atoms with van der Waals surface area (Å²) in [5.41, 5.74) is 5.86. The molecule has 0 atom stereocenters. The number of hydrogen-bond acceptors (Lipinski definition) is 4. The Kier molecular flexibility index (Phi) is 4.89. The van der Waals surface area contributed by atoms with Gasteiger partial charge in [-0.1, -0.05) is 0 Å². The van der Waals surface area contributed by atoms with Crippen molar-refractivity contribution in [3.63, 3.8) is 0 Å². The summed E-state index contributed by atoms with van der Waals surface area (Å²) in [6.07, 6.45) is 3.04. The summed E-state index contributed by atoms with van der Waals surface area (Å²) in [6, 6.07) is 2.72. The number of pyridine rings is 1. The molecular formula is C10H15N5O2. The van der Waals surface area contributed by atoms with Gasteiger partial charge in [0.1, 0.15) is 0 Å². The number of hydrogen-bond donors (Lipinski definition) is 3. The molecular weight excluding hydrogens is 222 g/mol. The highest BCUT2D eigenvalue weighted by molar-refractivity contribution is 6.13. The van der Waals surface area contributed by atoms with Crippen molar-refractivity contribution in [1.82, 2.24) is 10.3 Å². The van der Waals surface area contributed by atoms with Crippen LogP contribution < -0.4 is 16.0 Å². The van der Waals surface area contributed by atoms with Crippen molar-refractivity contribution in [2.75, 3.05) is 25.2 Å². The van der Waals surface area contributed by atoms with E-state index in [9.17, 15) is 4.79 Å². The minimum absolute atomic E-state index is 0.351. The summed E-state index contributed by atoms with van der Waals surface area (Å²) in [4.78, 5) is 16.7. The molecule has 0 aliphatic carbocycles. The number of rotatable bonds is 4. The molecule has 1 aromatic heterocycles. The highest BCUT2D eigenvalue weighted by atomic mass is 16.5. The predicted octanol–water partition coefficient (Wildman–Crippen LogP) is 0.137. The third kappa shape index (κ3) is 3.72. The number of anilines is 1. The second-order valence-electron chi connectivity index (χ2n) is 3.15. The van der Waals surface area contributed by atoms with Crippen molar-refractivity contribution in [2.24, 2.45) is 5.73 Å². The van der Waals surface area contributed by atoms with E-state index in [1.807, 2.05) is 0 Å². The first-order valence-electron chi connectivity index (χ1n) is 4.97. The summed E-state index contributed by atoms with van der Waals surface area (Å²) in [6.45, 7) is 0.748. The third-order valence-corrected chi connectivity index (χ3v) is 1.95. The molecule has 0 bridgehead atoms. The molecule has 4 N–H and O–H groups in total. The number of nitrogens with zero attached hydrogens (tertiary/aromatic N) is 2. The van der Waals surface area contributed by atoms with Gasteiger partial charge in [0.2, 0.25) is 5.96 Å². The number of ether oxygens (including phenoxy) is 1. The lowest BCUT2D eigenvalue weighted by Gasteiger charge is -2.20. The van der Waals surface area contributed by atoms with Gasteiger partial charge in [-0.15, -0.1) is 0 Å². The van der Waals surface area contributed by atoms with Gasteiger partial charge in [0.15, 0.2) is 0 Å². The molecule has 2 amide bonds. The van der Waals surface area contributed by atoms with E-state index < -0.39 is 6.03 Å². The van der Waals surface area contributed by atoms with Crippen molar-refractivity contribution in [1.29, 1.82) is 5.41 Å². The Morgan fingerprint density at radius 1 is 1.59 bits per heavy atom. The van der Waals surface area contributed by atoms with E-state index in [1.54, 1.807) is 12.1 Å². The van der Waals surface area contributed by atoms with Gasteiger partial charge >= 0.3 is 6.03 Å². The summed E-state index contributed by atoms with van der Waals surface area (Å²) < 4.78 is 4.81. The molecule has 0 aliphatic heterocycles. The van der Waals surface area contributed by atoms with Crippen LogP contribution in [-0.2, 0) is 4.74 Å². The molecule has 0 saturated carbocycles. The van der Waals surface area contributed by atoms with Crippen LogP contribution >= 0.6 is 0 Å². The van der Waals surface area contributed by atoms with Crippen molar-refractivity contribution in [3.8, 4) is 0 Å². The number of nitrogens with one attached hydrogen (secondary N) is 2. The lowest BCUT2D eigenvalue weighted by Crippen LogP contribution is -2.47. The van der Waals surface area contributed by atoms with E-state index in [0.29, 0.717) is 18.8 Å². The maximum atomic E-state index is 11.8. The van der Waals surface area contributed by atoms with Crippen LogP contribution in [0.25, 0.3) is 0 Å². The van der Waals surface area contributed by atoms with E-state index in [0.717, 1.165) is 4.90 Å². The molecule has 0 aromatic carbocycles. The number of methoxy groups -OCH3 is 1. The van der Waals surface area contributed by atoms with Crippen LogP contribution in [0.4, 0.5) is 10.5 Å². The minimum Gasteiger partial charge on any atom is -0.383 e. The highest BCUT2D eigenvalue weighted by Gasteiger charge is 2.17. The fourth-order valence-corrected chi connectivity index (χ4v) is 1.20. The lowest BCUT2D eigenvalue weighted by molar-refractivity contribution is 0.197. The van der Waals surface area contributed by atoms with Crippen LogP contribution in [0, 0.1) is 5.41 Å². The Bertz CT molecular complexity index is 382. The molecule has 1 aromatic rings. The van der Waals surface area contributed by atoms with Gasteiger partial charge in [-0.2, -0.15) is 0 Å². The largest absolute Gasteiger partial charge is 0.383 e. The molecule has 1 rings (SSSR count). The highest BCUT2D eigenvalue weighted by Crippen LogP contribution is 2.11. The fourth-order valence-electron chi connectivity index (χ4n) is 1.20. The van der Waals surface area contributed by atoms with Gasteiger partial charge in [-0.05, 0) is 12.1 Å². The zero-order chi connectivity index (χ0) is 12.7. The SMILES string of the molecule is COCCNC(=O)N(C(=N)N)c1ccncc1. The van der Waals surface area contributed by atoms with Gasteiger partial charge in [0, 0.05) is 26.0 Å². The molecule has 0 saturated heterocycles. The van der Waals surface area contributed by atoms with E-state index in [-0.39, 0.29) is 5.96 Å². The molecule has 0 unspecified atom stereocenters. The topological polar surface area (TPSA) is 104 Å². The number of nitrogens with two attached hydrogens (primary N) is 1. The van der Waals surface area contributed by atoms with Crippen molar-refractivity contribution < 1.29 is 9.53 Å². The molecule has 0 spiro atoms. The fraction of sp³-hybridized carbons (Fsp3) is 0.300. The normalized spacial score (nSPS) is 9.71. The zero-order valence-corrected chi connectivity index (χ0v) is 9.51. The number of amides is 2. The lowest BCUT2D eigenvalue weighted by atomic mass is 10.4. The maximum Gasteiger partial charge on any atom is 0.328 e. The molecule has 7 nitrogen and oxygen atoms in total. The van der Waals surface area contributed by atoms with Crippen molar-refractivity contribution >= 4 is 17.7 Å². The van der Waals surface area contributed by atoms with Crippen LogP contribution in [0.3, 0.4) is 0 Å². The average molecular weight is 237 g/mol. The third-order valence-electron chi connectivity index (χ3n) is 1.95. The van der Waals surface area contributed by atoms with Crippen LogP contribution in [-0.4, -0.2) is 37.2 Å². The molecule has 0 fully saturated rings. The number of carbonyl (C=O) groups excluding carboxylic acids is 1. The van der Waals surface area contributed by atoms with Crippen LogP contribution in [0.2, 0.25) is 0 Å². The van der Waals surface area contributed by atoms with Crippen molar-refractivity contribution in [2.45, 2.75) is 0 Å². The molecule has 7 heteroatoms. The molecule has 0 radical (unpaired) electrons. The smallest absolute Gasteiger partial charge is 0.328 e. The summed E-state index contributed by atoms with van der Waals surface area (Å²) in [5, 5.41) is 9.98.